The number of anilines is 1. The number of aliphatic hydroxyl groups excluding tert-OH is 1. The number of hydrogen-bond donors (Lipinski definition) is 2. The molecule has 0 radical (unpaired) electrons. The number of nitrogens with one attached hydrogen (secondary N) is 1. The van der Waals surface area contributed by atoms with E-state index in [9.17, 15) is 5.11 Å². The number of hydrogen-bond acceptors (Lipinski definition) is 2. The third-order valence-corrected chi connectivity index (χ3v) is 3.80. The summed E-state index contributed by atoms with van der Waals surface area (Å²) in [4.78, 5) is 0. The molecule has 1 atom stereocenters. The summed E-state index contributed by atoms with van der Waals surface area (Å²) in [6, 6.07) is 8.29. The van der Waals surface area contributed by atoms with E-state index in [1.54, 1.807) is 0 Å². The monoisotopic (exact) mass is 219 g/mol. The molecule has 1 saturated carbocycles. The minimum Gasteiger partial charge on any atom is -0.394 e. The van der Waals surface area contributed by atoms with E-state index in [4.69, 9.17) is 0 Å². The van der Waals surface area contributed by atoms with E-state index in [0.717, 1.165) is 12.1 Å². The standard InChI is InChI=1S/C14H21NO/c1-3-14(10-16,12-8-9-12)15-13-7-5-4-6-11(13)2/h4-7,12,15-16H,3,8-10H2,1-2H3. The van der Waals surface area contributed by atoms with Gasteiger partial charge in [0.15, 0.2) is 0 Å². The van der Waals surface area contributed by atoms with E-state index >= 15 is 0 Å². The quantitative estimate of drug-likeness (QED) is 0.798. The molecule has 0 saturated heterocycles. The minimum absolute atomic E-state index is 0.105. The van der Waals surface area contributed by atoms with Crippen LogP contribution in [0.1, 0.15) is 31.7 Å². The first kappa shape index (κ1) is 11.5. The Balaban J connectivity index is 2.20. The average molecular weight is 219 g/mol. The SMILES string of the molecule is CCC(CO)(Nc1ccccc1C)C1CC1. The van der Waals surface area contributed by atoms with E-state index in [2.05, 4.69) is 31.3 Å². The van der Waals surface area contributed by atoms with Crippen molar-refractivity contribution in [3.63, 3.8) is 0 Å². The molecular formula is C14H21NO. The fourth-order valence-electron chi connectivity index (χ4n) is 2.38. The van der Waals surface area contributed by atoms with Crippen LogP contribution in [0, 0.1) is 12.8 Å². The minimum atomic E-state index is -0.105. The maximum Gasteiger partial charge on any atom is 0.0664 e. The Morgan fingerprint density at radius 1 is 1.38 bits per heavy atom. The first-order chi connectivity index (χ1) is 7.72. The van der Waals surface area contributed by atoms with Gasteiger partial charge in [0.05, 0.1) is 12.1 Å². The van der Waals surface area contributed by atoms with Crippen LogP contribution < -0.4 is 5.32 Å². The van der Waals surface area contributed by atoms with Gasteiger partial charge in [0, 0.05) is 5.69 Å². The van der Waals surface area contributed by atoms with Crippen molar-refractivity contribution in [3.8, 4) is 0 Å². The molecule has 1 aromatic carbocycles. The Bertz CT molecular complexity index is 354. The van der Waals surface area contributed by atoms with E-state index in [-0.39, 0.29) is 12.1 Å². The van der Waals surface area contributed by atoms with Crippen LogP contribution in [0.4, 0.5) is 5.69 Å². The summed E-state index contributed by atoms with van der Waals surface area (Å²) in [6.45, 7) is 4.48. The molecule has 2 heteroatoms. The molecule has 1 aliphatic rings. The Labute approximate surface area is 97.7 Å². The van der Waals surface area contributed by atoms with Crippen LogP contribution in [-0.4, -0.2) is 17.3 Å². The van der Waals surface area contributed by atoms with E-state index in [0.29, 0.717) is 5.92 Å². The number of para-hydroxylation sites is 1. The van der Waals surface area contributed by atoms with E-state index < -0.39 is 0 Å². The normalized spacial score (nSPS) is 19.2. The third-order valence-electron chi connectivity index (χ3n) is 3.80. The topological polar surface area (TPSA) is 32.3 Å². The highest BCUT2D eigenvalue weighted by Crippen LogP contribution is 2.43. The second-order valence-corrected chi connectivity index (χ2v) is 4.88. The highest BCUT2D eigenvalue weighted by molar-refractivity contribution is 5.52. The van der Waals surface area contributed by atoms with Gasteiger partial charge in [0.25, 0.3) is 0 Å². The number of rotatable bonds is 5. The van der Waals surface area contributed by atoms with Crippen LogP contribution in [-0.2, 0) is 0 Å². The second kappa shape index (κ2) is 4.46. The van der Waals surface area contributed by atoms with Crippen molar-refractivity contribution in [2.24, 2.45) is 5.92 Å². The third kappa shape index (κ3) is 2.07. The van der Waals surface area contributed by atoms with Gasteiger partial charge in [-0.15, -0.1) is 0 Å². The molecule has 0 aromatic heterocycles. The Morgan fingerprint density at radius 3 is 2.56 bits per heavy atom. The molecule has 1 unspecified atom stereocenters. The molecule has 0 heterocycles. The lowest BCUT2D eigenvalue weighted by molar-refractivity contribution is 0.188. The molecule has 0 aliphatic heterocycles. The zero-order valence-corrected chi connectivity index (χ0v) is 10.2. The lowest BCUT2D eigenvalue weighted by Gasteiger charge is -2.34. The molecule has 1 aromatic rings. The first-order valence-corrected chi connectivity index (χ1v) is 6.16. The summed E-state index contributed by atoms with van der Waals surface area (Å²) in [6.07, 6.45) is 3.46. The molecule has 2 nitrogen and oxygen atoms in total. The van der Waals surface area contributed by atoms with E-state index in [1.807, 2.05) is 12.1 Å². The van der Waals surface area contributed by atoms with Crippen LogP contribution in [0.15, 0.2) is 24.3 Å². The van der Waals surface area contributed by atoms with Gasteiger partial charge < -0.3 is 10.4 Å². The largest absolute Gasteiger partial charge is 0.394 e. The Kier molecular flexibility index (Phi) is 3.20. The summed E-state index contributed by atoms with van der Waals surface area (Å²) in [7, 11) is 0. The molecule has 0 spiro atoms. The predicted octanol–water partition coefficient (Wildman–Crippen LogP) is 2.96. The summed E-state index contributed by atoms with van der Waals surface area (Å²) in [5, 5.41) is 13.2. The Morgan fingerprint density at radius 2 is 2.06 bits per heavy atom. The van der Waals surface area contributed by atoms with Gasteiger partial charge >= 0.3 is 0 Å². The smallest absolute Gasteiger partial charge is 0.0664 e. The molecule has 88 valence electrons. The molecule has 1 fully saturated rings. The van der Waals surface area contributed by atoms with E-state index in [1.165, 1.54) is 18.4 Å². The van der Waals surface area contributed by atoms with Gasteiger partial charge in [-0.1, -0.05) is 25.1 Å². The van der Waals surface area contributed by atoms with Crippen LogP contribution in [0.5, 0.6) is 0 Å². The second-order valence-electron chi connectivity index (χ2n) is 4.88. The van der Waals surface area contributed by atoms with Crippen molar-refractivity contribution >= 4 is 5.69 Å². The maximum atomic E-state index is 9.68. The lowest BCUT2D eigenvalue weighted by Crippen LogP contribution is -2.44. The van der Waals surface area contributed by atoms with Gasteiger partial charge in [0.1, 0.15) is 0 Å². The fraction of sp³-hybridized carbons (Fsp3) is 0.571. The highest BCUT2D eigenvalue weighted by atomic mass is 16.3. The van der Waals surface area contributed by atoms with Gasteiger partial charge in [0.2, 0.25) is 0 Å². The lowest BCUT2D eigenvalue weighted by atomic mass is 9.90. The summed E-state index contributed by atoms with van der Waals surface area (Å²) < 4.78 is 0. The van der Waals surface area contributed by atoms with Crippen molar-refractivity contribution in [1.29, 1.82) is 0 Å². The van der Waals surface area contributed by atoms with Gasteiger partial charge in [-0.05, 0) is 43.7 Å². The average Bonchev–Trinajstić information content (AvgIpc) is 3.13. The van der Waals surface area contributed by atoms with Crippen molar-refractivity contribution in [1.82, 2.24) is 0 Å². The van der Waals surface area contributed by atoms with Crippen molar-refractivity contribution in [2.45, 2.75) is 38.6 Å². The summed E-state index contributed by atoms with van der Waals surface area (Å²) >= 11 is 0. The fourth-order valence-corrected chi connectivity index (χ4v) is 2.38. The maximum absolute atomic E-state index is 9.68. The first-order valence-electron chi connectivity index (χ1n) is 6.16. The molecule has 2 N–H and O–H groups in total. The van der Waals surface area contributed by atoms with Crippen LogP contribution in [0.3, 0.4) is 0 Å². The summed E-state index contributed by atoms with van der Waals surface area (Å²) in [5.41, 5.74) is 2.30. The number of benzene rings is 1. The van der Waals surface area contributed by atoms with Crippen molar-refractivity contribution in [3.05, 3.63) is 29.8 Å². The Hall–Kier alpha value is -1.02. The zero-order valence-electron chi connectivity index (χ0n) is 10.2. The summed E-state index contributed by atoms with van der Waals surface area (Å²) in [5.74, 6) is 0.641. The van der Waals surface area contributed by atoms with Gasteiger partial charge in [-0.2, -0.15) is 0 Å². The van der Waals surface area contributed by atoms with Crippen molar-refractivity contribution < 1.29 is 5.11 Å². The molecule has 16 heavy (non-hydrogen) atoms. The van der Waals surface area contributed by atoms with Crippen molar-refractivity contribution in [2.75, 3.05) is 11.9 Å². The van der Waals surface area contributed by atoms with Gasteiger partial charge in [-0.3, -0.25) is 0 Å². The molecule has 1 aliphatic carbocycles. The molecular weight excluding hydrogens is 198 g/mol. The van der Waals surface area contributed by atoms with Crippen LogP contribution in [0.2, 0.25) is 0 Å². The van der Waals surface area contributed by atoms with Gasteiger partial charge in [-0.25, -0.2) is 0 Å². The highest BCUT2D eigenvalue weighted by Gasteiger charge is 2.43. The molecule has 0 amide bonds. The predicted molar refractivity (Wildman–Crippen MR) is 67.6 cm³/mol. The molecule has 0 bridgehead atoms. The number of aliphatic hydroxyl groups is 1. The van der Waals surface area contributed by atoms with Crippen LogP contribution in [0.25, 0.3) is 0 Å². The molecule has 2 rings (SSSR count). The number of aryl methyl sites for hydroxylation is 1. The zero-order chi connectivity index (χ0) is 11.6. The van der Waals surface area contributed by atoms with Crippen LogP contribution >= 0.6 is 0 Å².